The van der Waals surface area contributed by atoms with Gasteiger partial charge >= 0.3 is 0 Å². The van der Waals surface area contributed by atoms with Crippen LogP contribution >= 0.6 is 0 Å². The smallest absolute Gasteiger partial charge is 0.118 e. The Morgan fingerprint density at radius 3 is 2.45 bits per heavy atom. The topological polar surface area (TPSA) is 53.0 Å². The number of epoxide rings is 1. The summed E-state index contributed by atoms with van der Waals surface area (Å²) in [5.41, 5.74) is 2.84. The molecule has 10 atom stereocenters. The average Bonchev–Trinajstić information content (AvgIpc) is 3.34. The first-order valence-electron chi connectivity index (χ1n) is 13.0. The van der Waals surface area contributed by atoms with Crippen LogP contribution in [0.2, 0.25) is 0 Å². The van der Waals surface area contributed by atoms with Crippen LogP contribution in [0.25, 0.3) is 0 Å². The fourth-order valence-electron chi connectivity index (χ4n) is 8.47. The minimum atomic E-state index is -0.469. The first-order valence-corrected chi connectivity index (χ1v) is 13.0. The summed E-state index contributed by atoms with van der Waals surface area (Å²) in [6, 6.07) is 0. The van der Waals surface area contributed by atoms with E-state index in [2.05, 4.69) is 53.7 Å². The lowest BCUT2D eigenvalue weighted by atomic mass is 9.50. The van der Waals surface area contributed by atoms with Crippen molar-refractivity contribution < 1.29 is 14.9 Å². The highest BCUT2D eigenvalue weighted by atomic mass is 16.6. The predicted octanol–water partition coefficient (Wildman–Crippen LogP) is 5.66. The van der Waals surface area contributed by atoms with Crippen LogP contribution in [-0.4, -0.2) is 34.1 Å². The highest BCUT2D eigenvalue weighted by molar-refractivity contribution is 5.45. The van der Waals surface area contributed by atoms with Crippen LogP contribution in [0.15, 0.2) is 23.3 Å². The molecule has 2 saturated carbocycles. The zero-order chi connectivity index (χ0) is 22.3. The van der Waals surface area contributed by atoms with Crippen LogP contribution in [-0.2, 0) is 4.74 Å². The van der Waals surface area contributed by atoms with Crippen molar-refractivity contribution in [2.24, 2.45) is 40.4 Å². The Labute approximate surface area is 189 Å². The van der Waals surface area contributed by atoms with Crippen LogP contribution < -0.4 is 0 Å². The summed E-state index contributed by atoms with van der Waals surface area (Å²) in [6.07, 6.45) is 11.4. The molecule has 0 radical (unpaired) electrons. The van der Waals surface area contributed by atoms with Crippen LogP contribution in [0.5, 0.6) is 0 Å². The zero-order valence-corrected chi connectivity index (χ0v) is 20.5. The van der Waals surface area contributed by atoms with Gasteiger partial charge in [0, 0.05) is 11.8 Å². The van der Waals surface area contributed by atoms with E-state index >= 15 is 0 Å². The molecule has 0 amide bonds. The third-order valence-electron chi connectivity index (χ3n) is 10.9. The molecule has 0 bridgehead atoms. The first-order chi connectivity index (χ1) is 14.5. The zero-order valence-electron chi connectivity index (χ0n) is 20.5. The summed E-state index contributed by atoms with van der Waals surface area (Å²) in [7, 11) is 0. The molecule has 1 aliphatic heterocycles. The van der Waals surface area contributed by atoms with E-state index in [0.717, 1.165) is 19.3 Å². The van der Waals surface area contributed by atoms with Crippen molar-refractivity contribution in [2.45, 2.75) is 110 Å². The van der Waals surface area contributed by atoms with Gasteiger partial charge < -0.3 is 14.9 Å². The second kappa shape index (κ2) is 7.18. The van der Waals surface area contributed by atoms with E-state index in [1.165, 1.54) is 30.4 Å². The molecule has 0 aromatic carbocycles. The minimum Gasteiger partial charge on any atom is -0.393 e. The third-order valence-corrected chi connectivity index (χ3v) is 10.9. The van der Waals surface area contributed by atoms with Gasteiger partial charge in [0.2, 0.25) is 0 Å². The molecular weight excluding hydrogens is 384 g/mol. The van der Waals surface area contributed by atoms with Crippen molar-refractivity contribution in [1.82, 2.24) is 0 Å². The first kappa shape index (κ1) is 22.2. The van der Waals surface area contributed by atoms with E-state index in [4.69, 9.17) is 4.74 Å². The van der Waals surface area contributed by atoms with Gasteiger partial charge in [-0.25, -0.2) is 0 Å². The van der Waals surface area contributed by atoms with Gasteiger partial charge in [-0.05, 0) is 79.1 Å². The SMILES string of the molecule is CC(C)[C@@H](C)/C=C/[C@@H](C)[C@H]1CCC2C3=C(CC[C@@]21C)[C@@]1(C)CC[C@H](O)C[C@@]12O[C@H]2[C@@H]3O. The van der Waals surface area contributed by atoms with Gasteiger partial charge in [-0.15, -0.1) is 0 Å². The van der Waals surface area contributed by atoms with E-state index in [0.29, 0.717) is 36.0 Å². The lowest BCUT2D eigenvalue weighted by Gasteiger charge is -2.54. The Bertz CT molecular complexity index is 798. The van der Waals surface area contributed by atoms with E-state index < -0.39 is 6.10 Å². The Balaban J connectivity index is 1.45. The van der Waals surface area contributed by atoms with Crippen LogP contribution in [0, 0.1) is 40.4 Å². The summed E-state index contributed by atoms with van der Waals surface area (Å²) < 4.78 is 6.33. The molecule has 1 saturated heterocycles. The molecule has 1 unspecified atom stereocenters. The number of ether oxygens (including phenoxy) is 1. The maximum absolute atomic E-state index is 11.5. The molecule has 3 fully saturated rings. The Morgan fingerprint density at radius 2 is 1.74 bits per heavy atom. The lowest BCUT2D eigenvalue weighted by molar-refractivity contribution is -0.000636. The summed E-state index contributed by atoms with van der Waals surface area (Å²) in [4.78, 5) is 0. The number of aliphatic hydroxyl groups excluding tert-OH is 2. The van der Waals surface area contributed by atoms with Gasteiger partial charge in [-0.2, -0.15) is 0 Å². The van der Waals surface area contributed by atoms with E-state index in [9.17, 15) is 10.2 Å². The van der Waals surface area contributed by atoms with Gasteiger partial charge in [0.1, 0.15) is 17.8 Å². The second-order valence-corrected chi connectivity index (χ2v) is 12.6. The maximum atomic E-state index is 11.5. The van der Waals surface area contributed by atoms with Gasteiger partial charge in [0.15, 0.2) is 0 Å². The molecule has 174 valence electrons. The molecule has 1 spiro atoms. The third kappa shape index (κ3) is 2.95. The minimum absolute atomic E-state index is 0.00307. The molecule has 5 rings (SSSR count). The van der Waals surface area contributed by atoms with Crippen molar-refractivity contribution in [3.05, 3.63) is 23.3 Å². The predicted molar refractivity (Wildman–Crippen MR) is 124 cm³/mol. The summed E-state index contributed by atoms with van der Waals surface area (Å²) >= 11 is 0. The molecule has 3 heteroatoms. The Kier molecular flexibility index (Phi) is 5.13. The van der Waals surface area contributed by atoms with E-state index in [-0.39, 0.29) is 28.6 Å². The van der Waals surface area contributed by atoms with Crippen LogP contribution in [0.4, 0.5) is 0 Å². The Hall–Kier alpha value is -0.640. The molecule has 2 N–H and O–H groups in total. The largest absolute Gasteiger partial charge is 0.393 e. The summed E-state index contributed by atoms with van der Waals surface area (Å²) in [5, 5.41) is 21.9. The fraction of sp³-hybridized carbons (Fsp3) is 0.857. The number of allylic oxidation sites excluding steroid dienone is 2. The quantitative estimate of drug-likeness (QED) is 0.449. The van der Waals surface area contributed by atoms with Crippen molar-refractivity contribution >= 4 is 0 Å². The number of fused-ring (bicyclic) bond motifs is 3. The second-order valence-electron chi connectivity index (χ2n) is 12.6. The molecule has 3 nitrogen and oxygen atoms in total. The maximum Gasteiger partial charge on any atom is 0.118 e. The highest BCUT2D eigenvalue weighted by Gasteiger charge is 2.76. The number of aliphatic hydroxyl groups is 2. The van der Waals surface area contributed by atoms with Crippen molar-refractivity contribution in [3.63, 3.8) is 0 Å². The average molecular weight is 429 g/mol. The summed E-state index contributed by atoms with van der Waals surface area (Å²) in [6.45, 7) is 14.3. The van der Waals surface area contributed by atoms with E-state index in [1.807, 2.05) is 0 Å². The van der Waals surface area contributed by atoms with Crippen LogP contribution in [0.1, 0.15) is 86.5 Å². The van der Waals surface area contributed by atoms with Gasteiger partial charge in [0.25, 0.3) is 0 Å². The number of hydrogen-bond donors (Lipinski definition) is 2. The highest BCUT2D eigenvalue weighted by Crippen LogP contribution is 2.72. The normalized spacial score (nSPS) is 50.7. The fourth-order valence-corrected chi connectivity index (χ4v) is 8.47. The molecule has 31 heavy (non-hydrogen) atoms. The van der Waals surface area contributed by atoms with E-state index in [1.54, 1.807) is 0 Å². The molecule has 0 aromatic heterocycles. The monoisotopic (exact) mass is 428 g/mol. The number of hydrogen-bond acceptors (Lipinski definition) is 3. The molecule has 0 aromatic rings. The Morgan fingerprint density at radius 1 is 1.00 bits per heavy atom. The molecule has 4 aliphatic carbocycles. The molecule has 5 aliphatic rings. The van der Waals surface area contributed by atoms with Gasteiger partial charge in [0.05, 0.1) is 6.10 Å². The standard InChI is InChI=1S/C28H44O3/c1-16(2)17(3)7-8-18(4)20-9-10-21-23-22(12-13-26(20,21)5)27(6)14-11-19(29)15-28(27)25(31-28)24(23)30/h7-8,16-21,24-25,29-30H,9-15H2,1-6H3/b8-7+/t17-,18+,19-,20+,21?,24+,25-,26+,27+,28-/m0/s1. The van der Waals surface area contributed by atoms with Crippen LogP contribution in [0.3, 0.4) is 0 Å². The molecule has 1 heterocycles. The number of rotatable bonds is 4. The van der Waals surface area contributed by atoms with Gasteiger partial charge in [-0.3, -0.25) is 0 Å². The molecular formula is C28H44O3. The van der Waals surface area contributed by atoms with Crippen molar-refractivity contribution in [3.8, 4) is 0 Å². The summed E-state index contributed by atoms with van der Waals surface area (Å²) in [5.74, 6) is 3.05. The lowest BCUT2D eigenvalue weighted by Crippen LogP contribution is -2.55. The van der Waals surface area contributed by atoms with Crippen molar-refractivity contribution in [2.75, 3.05) is 0 Å². The van der Waals surface area contributed by atoms with Crippen molar-refractivity contribution in [1.29, 1.82) is 0 Å². The van der Waals surface area contributed by atoms with Gasteiger partial charge in [-0.1, -0.05) is 59.3 Å².